The zero-order valence-electron chi connectivity index (χ0n) is 9.43. The summed E-state index contributed by atoms with van der Waals surface area (Å²) in [5, 5.41) is 2.00. The molecule has 1 N–H and O–H groups in total. The van der Waals surface area contributed by atoms with E-state index in [1.165, 1.54) is 5.56 Å². The zero-order chi connectivity index (χ0) is 11.9. The normalized spacial score (nSPS) is 10.4. The van der Waals surface area contributed by atoms with Gasteiger partial charge in [0.15, 0.2) is 5.16 Å². The van der Waals surface area contributed by atoms with Crippen molar-refractivity contribution >= 4 is 23.5 Å². The molecule has 1 aromatic carbocycles. The van der Waals surface area contributed by atoms with Crippen molar-refractivity contribution in [3.8, 4) is 0 Å². The summed E-state index contributed by atoms with van der Waals surface area (Å²) in [6.07, 6.45) is 3.83. The van der Waals surface area contributed by atoms with Gasteiger partial charge in [-0.3, -0.25) is 0 Å². The molecule has 17 heavy (non-hydrogen) atoms. The van der Waals surface area contributed by atoms with Gasteiger partial charge in [-0.15, -0.1) is 18.3 Å². The molecule has 0 aliphatic heterocycles. The van der Waals surface area contributed by atoms with Crippen LogP contribution in [0.3, 0.4) is 0 Å². The number of nitrogens with one attached hydrogen (secondary N) is 1. The van der Waals surface area contributed by atoms with Gasteiger partial charge in [0.1, 0.15) is 5.03 Å². The maximum absolute atomic E-state index is 4.49. The number of rotatable bonds is 6. The molecular formula is C13H14N2S2. The third kappa shape index (κ3) is 3.98. The van der Waals surface area contributed by atoms with Crippen LogP contribution in [-0.2, 0) is 5.75 Å². The quantitative estimate of drug-likeness (QED) is 0.630. The van der Waals surface area contributed by atoms with Crippen molar-refractivity contribution in [2.75, 3.05) is 5.75 Å². The maximum Gasteiger partial charge on any atom is 0.166 e. The summed E-state index contributed by atoms with van der Waals surface area (Å²) in [4.78, 5) is 7.67. The molecule has 0 radical (unpaired) electrons. The lowest BCUT2D eigenvalue weighted by Crippen LogP contribution is -1.80. The van der Waals surface area contributed by atoms with Crippen LogP contribution < -0.4 is 0 Å². The molecule has 2 aromatic rings. The first-order chi connectivity index (χ1) is 8.38. The van der Waals surface area contributed by atoms with E-state index in [1.807, 2.05) is 18.3 Å². The van der Waals surface area contributed by atoms with Crippen LogP contribution in [0.1, 0.15) is 5.56 Å². The lowest BCUT2D eigenvalue weighted by molar-refractivity contribution is 1.02. The summed E-state index contributed by atoms with van der Waals surface area (Å²) in [6.45, 7) is 3.69. The second-order valence-electron chi connectivity index (χ2n) is 3.42. The van der Waals surface area contributed by atoms with Crippen LogP contribution in [0.2, 0.25) is 0 Å². The fraction of sp³-hybridized carbons (Fsp3) is 0.154. The minimum atomic E-state index is 0.896. The minimum absolute atomic E-state index is 0.896. The minimum Gasteiger partial charge on any atom is -0.338 e. The number of thioether (sulfide) groups is 2. The van der Waals surface area contributed by atoms with Crippen molar-refractivity contribution in [3.63, 3.8) is 0 Å². The van der Waals surface area contributed by atoms with E-state index in [0.717, 1.165) is 21.7 Å². The van der Waals surface area contributed by atoms with Crippen molar-refractivity contribution in [3.05, 3.63) is 54.7 Å². The maximum atomic E-state index is 4.49. The molecule has 0 aliphatic rings. The Morgan fingerprint density at radius 1 is 1.24 bits per heavy atom. The van der Waals surface area contributed by atoms with Crippen molar-refractivity contribution in [2.24, 2.45) is 0 Å². The summed E-state index contributed by atoms with van der Waals surface area (Å²) >= 11 is 3.41. The van der Waals surface area contributed by atoms with Crippen molar-refractivity contribution < 1.29 is 0 Å². The highest BCUT2D eigenvalue weighted by Crippen LogP contribution is 2.23. The summed E-state index contributed by atoms with van der Waals surface area (Å²) in [7, 11) is 0. The monoisotopic (exact) mass is 262 g/mol. The number of nitrogens with zero attached hydrogens (tertiary/aromatic N) is 1. The Balaban J connectivity index is 1.87. The molecule has 0 saturated carbocycles. The Bertz CT molecular complexity index is 465. The van der Waals surface area contributed by atoms with E-state index >= 15 is 0 Å². The molecule has 4 heteroatoms. The van der Waals surface area contributed by atoms with Crippen LogP contribution in [0.5, 0.6) is 0 Å². The van der Waals surface area contributed by atoms with E-state index in [-0.39, 0.29) is 0 Å². The van der Waals surface area contributed by atoms with E-state index in [4.69, 9.17) is 0 Å². The molecule has 2 nitrogen and oxygen atoms in total. The fourth-order valence-corrected chi connectivity index (χ4v) is 2.75. The standard InChI is InChI=1S/C13H14N2S2/c1-2-8-16-12-9-14-13(15-12)17-10-11-6-4-3-5-7-11/h2-7,9H,1,8,10H2,(H,14,15). The van der Waals surface area contributed by atoms with Crippen LogP contribution in [0.4, 0.5) is 0 Å². The molecule has 1 aromatic heterocycles. The molecule has 0 amide bonds. The highest BCUT2D eigenvalue weighted by atomic mass is 32.2. The predicted molar refractivity (Wildman–Crippen MR) is 75.5 cm³/mol. The molecule has 0 bridgehead atoms. The van der Waals surface area contributed by atoms with E-state index in [2.05, 4.69) is 40.8 Å². The lowest BCUT2D eigenvalue weighted by atomic mass is 10.2. The van der Waals surface area contributed by atoms with Crippen LogP contribution in [0.15, 0.2) is 59.4 Å². The van der Waals surface area contributed by atoms with Crippen LogP contribution in [0.25, 0.3) is 0 Å². The summed E-state index contributed by atoms with van der Waals surface area (Å²) < 4.78 is 0. The van der Waals surface area contributed by atoms with Gasteiger partial charge < -0.3 is 4.98 Å². The predicted octanol–water partition coefficient (Wildman–Crippen LogP) is 3.98. The van der Waals surface area contributed by atoms with Gasteiger partial charge >= 0.3 is 0 Å². The number of hydrogen-bond donors (Lipinski definition) is 1. The Kier molecular flexibility index (Phi) is 4.76. The molecule has 0 spiro atoms. The smallest absolute Gasteiger partial charge is 0.166 e. The fourth-order valence-electron chi connectivity index (χ4n) is 1.31. The third-order valence-corrected chi connectivity index (χ3v) is 3.97. The van der Waals surface area contributed by atoms with Gasteiger partial charge in [-0.2, -0.15) is 0 Å². The largest absolute Gasteiger partial charge is 0.338 e. The van der Waals surface area contributed by atoms with Gasteiger partial charge in [0, 0.05) is 17.7 Å². The summed E-state index contributed by atoms with van der Waals surface area (Å²) in [5.74, 6) is 1.84. The molecule has 1 heterocycles. The van der Waals surface area contributed by atoms with Gasteiger partial charge in [-0.1, -0.05) is 48.2 Å². The van der Waals surface area contributed by atoms with Gasteiger partial charge in [0.25, 0.3) is 0 Å². The van der Waals surface area contributed by atoms with E-state index < -0.39 is 0 Å². The number of aromatic amines is 1. The topological polar surface area (TPSA) is 28.7 Å². The third-order valence-electron chi connectivity index (χ3n) is 2.10. The Morgan fingerprint density at radius 2 is 2.06 bits per heavy atom. The number of aromatic nitrogens is 2. The van der Waals surface area contributed by atoms with E-state index in [9.17, 15) is 0 Å². The van der Waals surface area contributed by atoms with Gasteiger partial charge in [0.2, 0.25) is 0 Å². The van der Waals surface area contributed by atoms with Crippen molar-refractivity contribution in [1.82, 2.24) is 9.97 Å². The SMILES string of the molecule is C=CCSc1c[nH]c(SCc2ccccc2)n1. The lowest BCUT2D eigenvalue weighted by Gasteiger charge is -1.97. The molecule has 2 rings (SSSR count). The molecule has 0 saturated heterocycles. The average Bonchev–Trinajstić information content (AvgIpc) is 2.83. The van der Waals surface area contributed by atoms with Gasteiger partial charge in [0.05, 0.1) is 0 Å². The highest BCUT2D eigenvalue weighted by Gasteiger charge is 2.02. The number of benzene rings is 1. The van der Waals surface area contributed by atoms with Crippen LogP contribution in [-0.4, -0.2) is 15.7 Å². The molecule has 0 atom stereocenters. The number of hydrogen-bond acceptors (Lipinski definition) is 3. The Hall–Kier alpha value is -1.13. The van der Waals surface area contributed by atoms with Gasteiger partial charge in [-0.05, 0) is 5.56 Å². The first-order valence-electron chi connectivity index (χ1n) is 5.34. The summed E-state index contributed by atoms with van der Waals surface area (Å²) in [6, 6.07) is 10.4. The Labute approximate surface area is 110 Å². The highest BCUT2D eigenvalue weighted by molar-refractivity contribution is 7.99. The molecule has 0 aliphatic carbocycles. The first kappa shape index (κ1) is 12.3. The number of H-pyrrole nitrogens is 1. The van der Waals surface area contributed by atoms with Crippen LogP contribution >= 0.6 is 23.5 Å². The second-order valence-corrected chi connectivity index (χ2v) is 5.42. The zero-order valence-corrected chi connectivity index (χ0v) is 11.1. The molecule has 0 unspecified atom stereocenters. The Morgan fingerprint density at radius 3 is 2.82 bits per heavy atom. The van der Waals surface area contributed by atoms with Crippen molar-refractivity contribution in [2.45, 2.75) is 15.9 Å². The molecular weight excluding hydrogens is 248 g/mol. The van der Waals surface area contributed by atoms with Gasteiger partial charge in [-0.25, -0.2) is 4.98 Å². The van der Waals surface area contributed by atoms with E-state index in [0.29, 0.717) is 0 Å². The second kappa shape index (κ2) is 6.57. The van der Waals surface area contributed by atoms with E-state index in [1.54, 1.807) is 23.5 Å². The number of imidazole rings is 1. The van der Waals surface area contributed by atoms with Crippen molar-refractivity contribution in [1.29, 1.82) is 0 Å². The summed E-state index contributed by atoms with van der Waals surface area (Å²) in [5.41, 5.74) is 1.31. The average molecular weight is 262 g/mol. The molecule has 88 valence electrons. The molecule has 0 fully saturated rings. The first-order valence-corrected chi connectivity index (χ1v) is 7.31. The van der Waals surface area contributed by atoms with Crippen LogP contribution in [0, 0.1) is 0 Å².